The summed E-state index contributed by atoms with van der Waals surface area (Å²) < 4.78 is 33.2. The van der Waals surface area contributed by atoms with Gasteiger partial charge in [-0.25, -0.2) is 13.2 Å². The number of anilines is 1. The minimum absolute atomic E-state index is 0.120. The summed E-state index contributed by atoms with van der Waals surface area (Å²) in [6.07, 6.45) is 0.725. The molecule has 3 rings (SSSR count). The zero-order valence-electron chi connectivity index (χ0n) is 13.4. The molecule has 3 aromatic rings. The smallest absolute Gasteiger partial charge is 0.336 e. The molecule has 1 heterocycles. The first kappa shape index (κ1) is 16.3. The lowest BCUT2D eigenvalue weighted by Crippen LogP contribution is -2.15. The number of para-hydroxylation sites is 1. The number of sulfonamides is 1. The van der Waals surface area contributed by atoms with Gasteiger partial charge >= 0.3 is 5.63 Å². The maximum atomic E-state index is 12.7. The molecule has 0 aliphatic rings. The summed E-state index contributed by atoms with van der Waals surface area (Å²) in [7, 11) is -3.74. The van der Waals surface area contributed by atoms with Crippen LogP contribution in [0.2, 0.25) is 0 Å². The van der Waals surface area contributed by atoms with Crippen LogP contribution in [0.4, 0.5) is 5.69 Å². The van der Waals surface area contributed by atoms with Crippen molar-refractivity contribution in [3.63, 3.8) is 0 Å². The lowest BCUT2D eigenvalue weighted by atomic mass is 10.1. The molecule has 0 aliphatic carbocycles. The van der Waals surface area contributed by atoms with E-state index in [4.69, 9.17) is 4.42 Å². The highest BCUT2D eigenvalue weighted by Gasteiger charge is 2.17. The minimum atomic E-state index is -3.74. The molecule has 0 radical (unpaired) electrons. The van der Waals surface area contributed by atoms with Gasteiger partial charge in [-0.3, -0.25) is 4.72 Å². The third-order valence-corrected chi connectivity index (χ3v) is 5.22. The van der Waals surface area contributed by atoms with Crippen LogP contribution in [0.1, 0.15) is 18.1 Å². The van der Waals surface area contributed by atoms with E-state index < -0.39 is 15.6 Å². The summed E-state index contributed by atoms with van der Waals surface area (Å²) in [6, 6.07) is 12.9. The second-order valence-corrected chi connectivity index (χ2v) is 7.20. The third-order valence-electron chi connectivity index (χ3n) is 3.88. The highest BCUT2D eigenvalue weighted by molar-refractivity contribution is 7.92. The summed E-state index contributed by atoms with van der Waals surface area (Å²) in [5.74, 6) is 0. The first-order valence-corrected chi connectivity index (χ1v) is 9.04. The Labute approximate surface area is 140 Å². The normalized spacial score (nSPS) is 11.6. The van der Waals surface area contributed by atoms with Crippen LogP contribution < -0.4 is 10.3 Å². The van der Waals surface area contributed by atoms with Gasteiger partial charge in [0.05, 0.1) is 10.6 Å². The van der Waals surface area contributed by atoms with Crippen molar-refractivity contribution >= 4 is 26.7 Å². The average molecular weight is 343 g/mol. The third kappa shape index (κ3) is 3.05. The van der Waals surface area contributed by atoms with E-state index in [-0.39, 0.29) is 4.90 Å². The standard InChI is InChI=1S/C18H17NO4S/c1-3-13-6-4-5-12(2)18(13)19-24(21,22)15-8-9-16-14(11-15)7-10-17(20)23-16/h4-11,19H,3H2,1-2H3. The van der Waals surface area contributed by atoms with Crippen molar-refractivity contribution in [3.05, 3.63) is 70.1 Å². The molecule has 2 aromatic carbocycles. The molecular weight excluding hydrogens is 326 g/mol. The van der Waals surface area contributed by atoms with Gasteiger partial charge in [0, 0.05) is 11.5 Å². The monoisotopic (exact) mass is 343 g/mol. The van der Waals surface area contributed by atoms with Crippen molar-refractivity contribution in [2.75, 3.05) is 4.72 Å². The Kier molecular flexibility index (Phi) is 4.15. The number of aryl methyl sites for hydroxylation is 2. The topological polar surface area (TPSA) is 76.4 Å². The van der Waals surface area contributed by atoms with E-state index in [9.17, 15) is 13.2 Å². The fourth-order valence-corrected chi connectivity index (χ4v) is 3.79. The molecule has 0 atom stereocenters. The zero-order chi connectivity index (χ0) is 17.3. The SMILES string of the molecule is CCc1cccc(C)c1NS(=O)(=O)c1ccc2oc(=O)ccc2c1. The average Bonchev–Trinajstić information content (AvgIpc) is 2.56. The molecular formula is C18H17NO4S. The highest BCUT2D eigenvalue weighted by atomic mass is 32.2. The van der Waals surface area contributed by atoms with E-state index in [2.05, 4.69) is 4.72 Å². The first-order chi connectivity index (χ1) is 11.4. The molecule has 0 bridgehead atoms. The molecule has 0 aliphatic heterocycles. The molecule has 6 heteroatoms. The predicted octanol–water partition coefficient (Wildman–Crippen LogP) is 3.46. The molecule has 0 saturated carbocycles. The van der Waals surface area contributed by atoms with E-state index in [0.29, 0.717) is 16.7 Å². The summed E-state index contributed by atoms with van der Waals surface area (Å²) in [4.78, 5) is 11.3. The largest absolute Gasteiger partial charge is 0.423 e. The molecule has 0 saturated heterocycles. The van der Waals surface area contributed by atoms with Crippen LogP contribution in [0.3, 0.4) is 0 Å². The first-order valence-electron chi connectivity index (χ1n) is 7.56. The Morgan fingerprint density at radius 1 is 1.08 bits per heavy atom. The van der Waals surface area contributed by atoms with Crippen molar-refractivity contribution in [3.8, 4) is 0 Å². The van der Waals surface area contributed by atoms with Crippen LogP contribution in [0, 0.1) is 6.92 Å². The minimum Gasteiger partial charge on any atom is -0.423 e. The van der Waals surface area contributed by atoms with E-state index in [1.807, 2.05) is 32.0 Å². The molecule has 0 unspecified atom stereocenters. The van der Waals surface area contributed by atoms with Crippen LogP contribution in [-0.4, -0.2) is 8.42 Å². The molecule has 1 N–H and O–H groups in total. The van der Waals surface area contributed by atoms with E-state index in [0.717, 1.165) is 17.5 Å². The van der Waals surface area contributed by atoms with Gasteiger partial charge in [-0.1, -0.05) is 25.1 Å². The maximum absolute atomic E-state index is 12.7. The summed E-state index contributed by atoms with van der Waals surface area (Å²) in [6.45, 7) is 3.84. The van der Waals surface area contributed by atoms with Crippen LogP contribution in [-0.2, 0) is 16.4 Å². The summed E-state index contributed by atoms with van der Waals surface area (Å²) in [5.41, 5.74) is 2.30. The van der Waals surface area contributed by atoms with Gasteiger partial charge in [0.2, 0.25) is 0 Å². The van der Waals surface area contributed by atoms with Crippen LogP contribution in [0.25, 0.3) is 11.0 Å². The molecule has 1 aromatic heterocycles. The van der Waals surface area contributed by atoms with Gasteiger partial charge in [0.25, 0.3) is 10.0 Å². The summed E-state index contributed by atoms with van der Waals surface area (Å²) >= 11 is 0. The number of hydrogen-bond donors (Lipinski definition) is 1. The Balaban J connectivity index is 2.05. The molecule has 0 spiro atoms. The molecule has 24 heavy (non-hydrogen) atoms. The Morgan fingerprint density at radius 2 is 1.88 bits per heavy atom. The second kappa shape index (κ2) is 6.13. The molecule has 124 valence electrons. The Bertz CT molecular complexity index is 1070. The van der Waals surface area contributed by atoms with E-state index in [1.165, 1.54) is 24.3 Å². The van der Waals surface area contributed by atoms with Crippen LogP contribution >= 0.6 is 0 Å². The van der Waals surface area contributed by atoms with Gasteiger partial charge in [-0.05, 0) is 48.7 Å². The number of nitrogens with one attached hydrogen (secondary N) is 1. The zero-order valence-corrected chi connectivity index (χ0v) is 14.2. The van der Waals surface area contributed by atoms with Crippen molar-refractivity contribution in [2.24, 2.45) is 0 Å². The molecule has 0 fully saturated rings. The molecule has 5 nitrogen and oxygen atoms in total. The van der Waals surface area contributed by atoms with Gasteiger partial charge in [0.15, 0.2) is 0 Å². The van der Waals surface area contributed by atoms with Crippen LogP contribution in [0.15, 0.2) is 62.6 Å². The highest BCUT2D eigenvalue weighted by Crippen LogP contribution is 2.25. The van der Waals surface area contributed by atoms with Gasteiger partial charge in [0.1, 0.15) is 5.58 Å². The quantitative estimate of drug-likeness (QED) is 0.736. The van der Waals surface area contributed by atoms with Crippen LogP contribution in [0.5, 0.6) is 0 Å². The van der Waals surface area contributed by atoms with E-state index >= 15 is 0 Å². The number of hydrogen-bond acceptors (Lipinski definition) is 4. The fourth-order valence-electron chi connectivity index (χ4n) is 2.58. The number of benzene rings is 2. The van der Waals surface area contributed by atoms with Crippen molar-refractivity contribution in [1.82, 2.24) is 0 Å². The maximum Gasteiger partial charge on any atom is 0.336 e. The molecule has 0 amide bonds. The predicted molar refractivity (Wildman–Crippen MR) is 93.8 cm³/mol. The Hall–Kier alpha value is -2.60. The van der Waals surface area contributed by atoms with Gasteiger partial charge in [-0.15, -0.1) is 0 Å². The van der Waals surface area contributed by atoms with Gasteiger partial charge < -0.3 is 4.42 Å². The number of rotatable bonds is 4. The Morgan fingerprint density at radius 3 is 2.62 bits per heavy atom. The van der Waals surface area contributed by atoms with Crippen molar-refractivity contribution in [2.45, 2.75) is 25.2 Å². The number of fused-ring (bicyclic) bond motifs is 1. The second-order valence-electron chi connectivity index (χ2n) is 5.52. The lowest BCUT2D eigenvalue weighted by molar-refractivity contribution is 0.560. The van der Waals surface area contributed by atoms with E-state index in [1.54, 1.807) is 6.07 Å². The van der Waals surface area contributed by atoms with Crippen molar-refractivity contribution < 1.29 is 12.8 Å². The van der Waals surface area contributed by atoms with Crippen molar-refractivity contribution in [1.29, 1.82) is 0 Å². The summed E-state index contributed by atoms with van der Waals surface area (Å²) in [5, 5.41) is 0.554. The lowest BCUT2D eigenvalue weighted by Gasteiger charge is -2.14. The fraction of sp³-hybridized carbons (Fsp3) is 0.167. The van der Waals surface area contributed by atoms with Gasteiger partial charge in [-0.2, -0.15) is 0 Å².